The number of carbonyl (C=O) groups excluding carboxylic acids is 1. The van der Waals surface area contributed by atoms with Gasteiger partial charge in [-0.25, -0.2) is 0 Å². The molecule has 57 heavy (non-hydrogen) atoms. The highest BCUT2D eigenvalue weighted by atomic mass is 16.5. The number of rotatable bonds is 11. The maximum absolute atomic E-state index is 15.5. The summed E-state index contributed by atoms with van der Waals surface area (Å²) < 4.78 is 5.85. The lowest BCUT2D eigenvalue weighted by Gasteiger charge is -2.63. The quantitative estimate of drug-likeness (QED) is 0.108. The number of aliphatic carboxylic acids is 3. The highest BCUT2D eigenvalue weighted by Gasteiger charge is 2.73. The van der Waals surface area contributed by atoms with Gasteiger partial charge in [0.05, 0.1) is 29.8 Å². The number of methoxy groups -OCH3 is 1. The van der Waals surface area contributed by atoms with Gasteiger partial charge >= 0.3 is 23.9 Å². The number of piperidine rings is 4. The van der Waals surface area contributed by atoms with Crippen molar-refractivity contribution in [2.45, 2.75) is 206 Å². The van der Waals surface area contributed by atoms with E-state index in [1.807, 2.05) is 111 Å². The zero-order chi connectivity index (χ0) is 44.0. The molecule has 0 aliphatic carbocycles. The van der Waals surface area contributed by atoms with E-state index >= 15 is 9.59 Å². The van der Waals surface area contributed by atoms with Crippen molar-refractivity contribution in [1.29, 1.82) is 0 Å². The molecule has 4 aliphatic rings. The Morgan fingerprint density at radius 2 is 0.632 bits per heavy atom. The third kappa shape index (κ3) is 9.39. The molecule has 2 atom stereocenters. The average molecular weight is 805 g/mol. The summed E-state index contributed by atoms with van der Waals surface area (Å²) in [5.74, 6) is -11.9. The smallest absolute Gasteiger partial charge is 0.313 e. The first-order valence-electron chi connectivity index (χ1n) is 21.3. The molecule has 0 amide bonds. The number of carbonyl (C=O) groups is 4. The van der Waals surface area contributed by atoms with Gasteiger partial charge in [0.15, 0.2) is 0 Å². The van der Waals surface area contributed by atoms with Gasteiger partial charge in [-0.15, -0.1) is 0 Å². The maximum Gasteiger partial charge on any atom is 0.313 e. The Bertz CT molecular complexity index is 1440. The molecule has 4 saturated heterocycles. The summed E-state index contributed by atoms with van der Waals surface area (Å²) in [7, 11) is 1.26. The SMILES string of the molecule is COC(=O)C(C1CC(C)(C)NC(C)(C)C1)(C1CC(C)(C)NC(C)(C)C1)C(C(=O)O)C(C(=O)O)C(C(=O)O)(C1CC(C)(C)NC(C)(C)C1)C1CC(C)(C)NC(C)(C)C1. The van der Waals surface area contributed by atoms with E-state index in [9.17, 15) is 24.9 Å². The molecule has 7 N–H and O–H groups in total. The predicted molar refractivity (Wildman–Crippen MR) is 223 cm³/mol. The van der Waals surface area contributed by atoms with Crippen LogP contribution in [0.25, 0.3) is 0 Å². The Kier molecular flexibility index (Phi) is 12.2. The summed E-state index contributed by atoms with van der Waals surface area (Å²) in [6, 6.07) is 0. The van der Waals surface area contributed by atoms with Crippen LogP contribution in [0.4, 0.5) is 0 Å². The molecule has 0 aromatic heterocycles. The summed E-state index contributed by atoms with van der Waals surface area (Å²) in [5, 5.41) is 51.1. The molecule has 0 aromatic carbocycles. The molecule has 2 unspecified atom stereocenters. The first kappa shape index (κ1) is 47.4. The molecule has 4 fully saturated rings. The Hall–Kier alpha value is -2.28. The molecule has 0 bridgehead atoms. The summed E-state index contributed by atoms with van der Waals surface area (Å²) in [4.78, 5) is 60.3. The molecular weight excluding hydrogens is 725 g/mol. The predicted octanol–water partition coefficient (Wildman–Crippen LogP) is 6.85. The minimum Gasteiger partial charge on any atom is -0.481 e. The molecular formula is C45H80N4O8. The minimum absolute atomic E-state index is 0.301. The lowest BCUT2D eigenvalue weighted by Crippen LogP contribution is -2.72. The first-order chi connectivity index (χ1) is 25.4. The lowest BCUT2D eigenvalue weighted by atomic mass is 9.42. The molecule has 4 heterocycles. The summed E-state index contributed by atoms with van der Waals surface area (Å²) in [6.45, 7) is 32.3. The topological polar surface area (TPSA) is 186 Å². The van der Waals surface area contributed by atoms with Crippen LogP contribution >= 0.6 is 0 Å². The second-order valence-corrected chi connectivity index (χ2v) is 24.3. The fraction of sp³-hybridized carbons (Fsp3) is 0.911. The van der Waals surface area contributed by atoms with E-state index in [0.717, 1.165) is 0 Å². The largest absolute Gasteiger partial charge is 0.481 e. The average Bonchev–Trinajstić information content (AvgIpc) is 2.91. The standard InChI is InChI=1S/C45H80N4O8/c1-36(2)18-26(19-37(3,4)46-36)44(34(54)55,27-20-38(5,6)47-39(7,8)21-27)30(32(50)51)31(33(52)53)45(35(56)57-17,28-22-40(9,10)48-41(11,12)23-28)29-24-42(13,14)49-43(15,16)25-29/h26-31,46-49H,18-25H2,1-17H3,(H,50,51)(H,52,53)(H,54,55). The van der Waals surface area contributed by atoms with E-state index in [0.29, 0.717) is 51.4 Å². The van der Waals surface area contributed by atoms with Crippen molar-refractivity contribution in [3.05, 3.63) is 0 Å². The van der Waals surface area contributed by atoms with E-state index in [4.69, 9.17) is 4.74 Å². The van der Waals surface area contributed by atoms with Crippen molar-refractivity contribution in [1.82, 2.24) is 21.3 Å². The van der Waals surface area contributed by atoms with Crippen LogP contribution in [-0.2, 0) is 23.9 Å². The molecule has 0 saturated carbocycles. The van der Waals surface area contributed by atoms with Crippen molar-refractivity contribution < 1.29 is 39.2 Å². The number of carboxylic acids is 3. The van der Waals surface area contributed by atoms with Gasteiger partial charge in [0.25, 0.3) is 0 Å². The monoisotopic (exact) mass is 805 g/mol. The van der Waals surface area contributed by atoms with Crippen LogP contribution in [0.5, 0.6) is 0 Å². The zero-order valence-electron chi connectivity index (χ0n) is 38.5. The fourth-order valence-corrected chi connectivity index (χ4v) is 14.7. The molecule has 328 valence electrons. The molecule has 12 nitrogen and oxygen atoms in total. The van der Waals surface area contributed by atoms with Gasteiger partial charge in [0.2, 0.25) is 0 Å². The third-order valence-corrected chi connectivity index (χ3v) is 14.3. The van der Waals surface area contributed by atoms with Crippen LogP contribution in [0.3, 0.4) is 0 Å². The number of ether oxygens (including phenoxy) is 1. The fourth-order valence-electron chi connectivity index (χ4n) is 14.7. The maximum atomic E-state index is 15.5. The molecule has 4 aliphatic heterocycles. The number of hydrogen-bond donors (Lipinski definition) is 7. The van der Waals surface area contributed by atoms with Gasteiger partial charge in [-0.05, 0) is 186 Å². The van der Waals surface area contributed by atoms with Crippen molar-refractivity contribution >= 4 is 23.9 Å². The van der Waals surface area contributed by atoms with Gasteiger partial charge < -0.3 is 41.3 Å². The van der Waals surface area contributed by atoms with Gasteiger partial charge in [-0.1, -0.05) is 0 Å². The second kappa shape index (κ2) is 14.7. The van der Waals surface area contributed by atoms with E-state index in [2.05, 4.69) is 21.3 Å². The van der Waals surface area contributed by atoms with Crippen molar-refractivity contribution in [3.63, 3.8) is 0 Å². The number of esters is 1. The summed E-state index contributed by atoms with van der Waals surface area (Å²) in [5.41, 5.74) is -8.83. The van der Waals surface area contributed by atoms with Crippen LogP contribution in [0.1, 0.15) is 162 Å². The number of carboxylic acid groups (broad SMARTS) is 3. The van der Waals surface area contributed by atoms with Crippen molar-refractivity contribution in [2.75, 3.05) is 7.11 Å². The van der Waals surface area contributed by atoms with Crippen LogP contribution in [0.2, 0.25) is 0 Å². The van der Waals surface area contributed by atoms with Crippen LogP contribution in [-0.4, -0.2) is 90.6 Å². The Morgan fingerprint density at radius 3 is 0.807 bits per heavy atom. The molecule has 4 rings (SSSR count). The Labute approximate surface area is 343 Å². The van der Waals surface area contributed by atoms with Crippen LogP contribution < -0.4 is 21.3 Å². The Morgan fingerprint density at radius 1 is 0.439 bits per heavy atom. The van der Waals surface area contributed by atoms with E-state index in [-0.39, 0.29) is 0 Å². The van der Waals surface area contributed by atoms with Crippen molar-refractivity contribution in [3.8, 4) is 0 Å². The van der Waals surface area contributed by atoms with Crippen molar-refractivity contribution in [2.24, 2.45) is 46.3 Å². The lowest BCUT2D eigenvalue weighted by molar-refractivity contribution is -0.213. The zero-order valence-corrected chi connectivity index (χ0v) is 38.5. The molecule has 0 radical (unpaired) electrons. The van der Waals surface area contributed by atoms with E-state index < -0.39 is 115 Å². The van der Waals surface area contributed by atoms with Gasteiger partial charge in [-0.3, -0.25) is 19.2 Å². The first-order valence-corrected chi connectivity index (χ1v) is 21.3. The van der Waals surface area contributed by atoms with Gasteiger partial charge in [0, 0.05) is 44.3 Å². The molecule has 0 spiro atoms. The molecule has 0 aromatic rings. The molecule has 12 heteroatoms. The highest BCUT2D eigenvalue weighted by Crippen LogP contribution is 2.65. The summed E-state index contributed by atoms with van der Waals surface area (Å²) >= 11 is 0. The highest BCUT2D eigenvalue weighted by molar-refractivity contribution is 5.93. The third-order valence-electron chi connectivity index (χ3n) is 14.3. The van der Waals surface area contributed by atoms with Gasteiger partial charge in [-0.2, -0.15) is 0 Å². The van der Waals surface area contributed by atoms with E-state index in [1.54, 1.807) is 0 Å². The minimum atomic E-state index is -2.11. The van der Waals surface area contributed by atoms with E-state index in [1.165, 1.54) is 7.11 Å². The summed E-state index contributed by atoms with van der Waals surface area (Å²) in [6.07, 6.45) is 2.62. The number of hydrogen-bond acceptors (Lipinski definition) is 9. The number of nitrogens with one attached hydrogen (secondary N) is 4. The normalized spacial score (nSPS) is 28.4. The Balaban J connectivity index is 2.27. The second-order valence-electron chi connectivity index (χ2n) is 24.3. The van der Waals surface area contributed by atoms with Crippen LogP contribution in [0, 0.1) is 46.3 Å². The van der Waals surface area contributed by atoms with Gasteiger partial charge in [0.1, 0.15) is 0 Å². The van der Waals surface area contributed by atoms with Crippen LogP contribution in [0.15, 0.2) is 0 Å².